The van der Waals surface area contributed by atoms with Crippen molar-refractivity contribution in [2.45, 2.75) is 40.0 Å². The van der Waals surface area contributed by atoms with Crippen molar-refractivity contribution in [1.29, 1.82) is 0 Å². The molecule has 1 rings (SSSR count). The Morgan fingerprint density at radius 2 is 1.70 bits per heavy atom. The molecule has 4 nitrogen and oxygen atoms in total. The second-order valence-corrected chi connectivity index (χ2v) is 6.14. The van der Waals surface area contributed by atoms with Crippen LogP contribution in [0.3, 0.4) is 0 Å². The Balaban J connectivity index is 2.63. The van der Waals surface area contributed by atoms with Crippen molar-refractivity contribution in [2.75, 3.05) is 26.2 Å². The van der Waals surface area contributed by atoms with E-state index >= 15 is 0 Å². The summed E-state index contributed by atoms with van der Waals surface area (Å²) in [6.45, 7) is 7.77. The number of halogens is 1. The predicted molar refractivity (Wildman–Crippen MR) is 94.6 cm³/mol. The van der Waals surface area contributed by atoms with Crippen molar-refractivity contribution in [3.8, 4) is 0 Å². The first-order chi connectivity index (χ1) is 11.0. The fraction of sp³-hybridized carbons (Fsp3) is 0.556. The highest BCUT2D eigenvalue weighted by Crippen LogP contribution is 2.11. The fourth-order valence-corrected chi connectivity index (χ4v) is 2.68. The molecule has 0 saturated carbocycles. The standard InChI is InChI=1S/C18H27ClN2O2/c1-4-10-20(11-5-2)18(23)14-21(15(3)22)12-9-16-7-6-8-17(19)13-16/h6-8,13H,4-5,9-12,14H2,1-3H3. The van der Waals surface area contributed by atoms with Crippen LogP contribution in [0.1, 0.15) is 39.2 Å². The third-order valence-corrected chi connectivity index (χ3v) is 3.91. The van der Waals surface area contributed by atoms with Crippen LogP contribution >= 0.6 is 11.6 Å². The second-order valence-electron chi connectivity index (χ2n) is 5.70. The maximum atomic E-state index is 12.4. The molecule has 0 fully saturated rings. The number of hydrogen-bond donors (Lipinski definition) is 0. The maximum absolute atomic E-state index is 12.4. The Hall–Kier alpha value is -1.55. The Morgan fingerprint density at radius 1 is 1.04 bits per heavy atom. The van der Waals surface area contributed by atoms with Crippen LogP contribution in [-0.4, -0.2) is 47.8 Å². The maximum Gasteiger partial charge on any atom is 0.242 e. The minimum absolute atomic E-state index is 0.0231. The molecule has 0 heterocycles. The van der Waals surface area contributed by atoms with E-state index in [-0.39, 0.29) is 18.4 Å². The summed E-state index contributed by atoms with van der Waals surface area (Å²) in [5.41, 5.74) is 1.06. The van der Waals surface area contributed by atoms with E-state index in [0.29, 0.717) is 18.0 Å². The van der Waals surface area contributed by atoms with Gasteiger partial charge in [-0.2, -0.15) is 0 Å². The highest BCUT2D eigenvalue weighted by atomic mass is 35.5. The zero-order valence-electron chi connectivity index (χ0n) is 14.3. The van der Waals surface area contributed by atoms with Crippen molar-refractivity contribution in [2.24, 2.45) is 0 Å². The molecule has 0 aromatic heterocycles. The molecular formula is C18H27ClN2O2. The first kappa shape index (κ1) is 19.5. The van der Waals surface area contributed by atoms with Gasteiger partial charge in [0, 0.05) is 31.6 Å². The topological polar surface area (TPSA) is 40.6 Å². The Bertz CT molecular complexity index is 513. The van der Waals surface area contributed by atoms with Crippen LogP contribution in [0.4, 0.5) is 0 Å². The van der Waals surface area contributed by atoms with Crippen molar-refractivity contribution < 1.29 is 9.59 Å². The van der Waals surface area contributed by atoms with Gasteiger partial charge in [-0.1, -0.05) is 37.6 Å². The number of carbonyl (C=O) groups is 2. The molecule has 0 bridgehead atoms. The van der Waals surface area contributed by atoms with E-state index < -0.39 is 0 Å². The summed E-state index contributed by atoms with van der Waals surface area (Å²) in [6, 6.07) is 7.59. The van der Waals surface area contributed by atoms with Gasteiger partial charge in [0.25, 0.3) is 0 Å². The van der Waals surface area contributed by atoms with Crippen LogP contribution in [0.25, 0.3) is 0 Å². The minimum atomic E-state index is -0.0756. The van der Waals surface area contributed by atoms with Crippen LogP contribution in [0.15, 0.2) is 24.3 Å². The molecule has 0 atom stereocenters. The first-order valence-corrected chi connectivity index (χ1v) is 8.63. The largest absolute Gasteiger partial charge is 0.341 e. The molecule has 5 heteroatoms. The van der Waals surface area contributed by atoms with Crippen molar-refractivity contribution in [3.63, 3.8) is 0 Å². The fourth-order valence-electron chi connectivity index (χ4n) is 2.47. The lowest BCUT2D eigenvalue weighted by Gasteiger charge is -2.26. The number of amides is 2. The molecule has 0 aliphatic carbocycles. The smallest absolute Gasteiger partial charge is 0.242 e. The second kappa shape index (κ2) is 10.3. The summed E-state index contributed by atoms with van der Waals surface area (Å²) in [7, 11) is 0. The molecule has 0 saturated heterocycles. The third kappa shape index (κ3) is 7.04. The SMILES string of the molecule is CCCN(CCC)C(=O)CN(CCc1cccc(Cl)c1)C(C)=O. The van der Waals surface area contributed by atoms with Crippen LogP contribution in [-0.2, 0) is 16.0 Å². The Morgan fingerprint density at radius 3 is 2.22 bits per heavy atom. The number of benzene rings is 1. The molecule has 2 amide bonds. The van der Waals surface area contributed by atoms with Crippen LogP contribution in [0.5, 0.6) is 0 Å². The monoisotopic (exact) mass is 338 g/mol. The number of rotatable bonds is 9. The van der Waals surface area contributed by atoms with E-state index in [1.54, 1.807) is 4.90 Å². The van der Waals surface area contributed by atoms with E-state index in [4.69, 9.17) is 11.6 Å². The molecule has 0 aliphatic rings. The van der Waals surface area contributed by atoms with E-state index in [0.717, 1.165) is 31.5 Å². The minimum Gasteiger partial charge on any atom is -0.341 e. The van der Waals surface area contributed by atoms with Crippen LogP contribution in [0, 0.1) is 0 Å². The van der Waals surface area contributed by atoms with Gasteiger partial charge in [-0.05, 0) is 37.0 Å². The van der Waals surface area contributed by atoms with Crippen molar-refractivity contribution >= 4 is 23.4 Å². The number of nitrogens with zero attached hydrogens (tertiary/aromatic N) is 2. The molecule has 23 heavy (non-hydrogen) atoms. The van der Waals surface area contributed by atoms with Gasteiger partial charge in [0.2, 0.25) is 11.8 Å². The van der Waals surface area contributed by atoms with Gasteiger partial charge in [0.1, 0.15) is 0 Å². The third-order valence-electron chi connectivity index (χ3n) is 3.67. The highest BCUT2D eigenvalue weighted by molar-refractivity contribution is 6.30. The molecular weight excluding hydrogens is 312 g/mol. The van der Waals surface area contributed by atoms with Gasteiger partial charge >= 0.3 is 0 Å². The molecule has 0 N–H and O–H groups in total. The van der Waals surface area contributed by atoms with Gasteiger partial charge in [-0.3, -0.25) is 9.59 Å². The zero-order valence-corrected chi connectivity index (χ0v) is 15.1. The number of carbonyl (C=O) groups excluding carboxylic acids is 2. The molecule has 0 spiro atoms. The van der Waals surface area contributed by atoms with Crippen LogP contribution in [0.2, 0.25) is 5.02 Å². The highest BCUT2D eigenvalue weighted by Gasteiger charge is 2.18. The summed E-state index contributed by atoms with van der Waals surface area (Å²) in [5, 5.41) is 0.685. The number of hydrogen-bond acceptors (Lipinski definition) is 2. The van der Waals surface area contributed by atoms with Crippen molar-refractivity contribution in [3.05, 3.63) is 34.9 Å². The normalized spacial score (nSPS) is 10.4. The van der Waals surface area contributed by atoms with Gasteiger partial charge < -0.3 is 9.80 Å². The first-order valence-electron chi connectivity index (χ1n) is 8.25. The average Bonchev–Trinajstić information content (AvgIpc) is 2.50. The zero-order chi connectivity index (χ0) is 17.2. The van der Waals surface area contributed by atoms with E-state index in [2.05, 4.69) is 13.8 Å². The predicted octanol–water partition coefficient (Wildman–Crippen LogP) is 3.38. The molecule has 0 radical (unpaired) electrons. The summed E-state index contributed by atoms with van der Waals surface area (Å²) in [6.07, 6.45) is 2.54. The Kier molecular flexibility index (Phi) is 8.70. The van der Waals surface area contributed by atoms with E-state index in [1.165, 1.54) is 6.92 Å². The average molecular weight is 339 g/mol. The van der Waals surface area contributed by atoms with E-state index in [1.807, 2.05) is 29.2 Å². The Labute approximate surface area is 144 Å². The molecule has 1 aromatic carbocycles. The van der Waals surface area contributed by atoms with Crippen molar-refractivity contribution in [1.82, 2.24) is 9.80 Å². The summed E-state index contributed by atoms with van der Waals surface area (Å²) in [5.74, 6) is -0.0525. The van der Waals surface area contributed by atoms with Gasteiger partial charge in [-0.15, -0.1) is 0 Å². The van der Waals surface area contributed by atoms with E-state index in [9.17, 15) is 9.59 Å². The molecule has 1 aromatic rings. The summed E-state index contributed by atoms with van der Waals surface area (Å²) in [4.78, 5) is 27.7. The molecule has 0 unspecified atom stereocenters. The summed E-state index contributed by atoms with van der Waals surface area (Å²) < 4.78 is 0. The van der Waals surface area contributed by atoms with Gasteiger partial charge in [-0.25, -0.2) is 0 Å². The lowest BCUT2D eigenvalue weighted by atomic mass is 10.1. The quantitative estimate of drug-likeness (QED) is 0.692. The lowest BCUT2D eigenvalue weighted by molar-refractivity contribution is -0.139. The van der Waals surface area contributed by atoms with Gasteiger partial charge in [0.05, 0.1) is 6.54 Å². The molecule has 0 aliphatic heterocycles. The summed E-state index contributed by atoms with van der Waals surface area (Å²) >= 11 is 5.98. The lowest BCUT2D eigenvalue weighted by Crippen LogP contribution is -2.43. The molecule has 128 valence electrons. The van der Waals surface area contributed by atoms with Crippen LogP contribution < -0.4 is 0 Å². The van der Waals surface area contributed by atoms with Gasteiger partial charge in [0.15, 0.2) is 0 Å².